The van der Waals surface area contributed by atoms with Gasteiger partial charge in [0.2, 0.25) is 0 Å². The van der Waals surface area contributed by atoms with Crippen LogP contribution in [-0.4, -0.2) is 16.2 Å². The van der Waals surface area contributed by atoms with Crippen molar-refractivity contribution in [1.29, 1.82) is 0 Å². The summed E-state index contributed by atoms with van der Waals surface area (Å²) in [5.74, 6) is 0. The Morgan fingerprint density at radius 1 is 0.958 bits per heavy atom. The van der Waals surface area contributed by atoms with Gasteiger partial charge in [0.15, 0.2) is 0 Å². The van der Waals surface area contributed by atoms with Crippen molar-refractivity contribution in [2.75, 3.05) is 5.32 Å². The highest BCUT2D eigenvalue weighted by atomic mass is 16.2. The van der Waals surface area contributed by atoms with E-state index in [0.717, 1.165) is 11.4 Å². The largest absolute Gasteiger partial charge is 0.332 e. The minimum Gasteiger partial charge on any atom is -0.332 e. The van der Waals surface area contributed by atoms with Gasteiger partial charge in [-0.2, -0.15) is 15.3 Å². The number of H-pyrrole nitrogens is 1. The zero-order chi connectivity index (χ0) is 16.6. The van der Waals surface area contributed by atoms with Crippen LogP contribution in [0.5, 0.6) is 0 Å². The highest BCUT2D eigenvalue weighted by Crippen LogP contribution is 2.19. The van der Waals surface area contributed by atoms with E-state index in [-0.39, 0.29) is 6.03 Å². The summed E-state index contributed by atoms with van der Waals surface area (Å²) in [7, 11) is 0. The van der Waals surface area contributed by atoms with Crippen molar-refractivity contribution >= 4 is 23.1 Å². The van der Waals surface area contributed by atoms with Crippen LogP contribution in [-0.2, 0) is 6.54 Å². The third kappa shape index (κ3) is 4.51. The number of nitrogens with zero attached hydrogens (tertiary/aromatic N) is 3. The molecule has 3 aromatic rings. The van der Waals surface area contributed by atoms with Crippen LogP contribution in [0.4, 0.5) is 21.9 Å². The fraction of sp³-hybridized carbons (Fsp3) is 0.0588. The molecule has 0 saturated heterocycles. The van der Waals surface area contributed by atoms with Crippen LogP contribution in [0.3, 0.4) is 0 Å². The van der Waals surface area contributed by atoms with E-state index in [1.165, 1.54) is 0 Å². The molecule has 0 unspecified atom stereocenters. The molecule has 120 valence electrons. The molecule has 0 fully saturated rings. The SMILES string of the molecule is O=C(NCc1ccn[nH]1)Nc1ccc(N=Nc2ccccc2)cc1. The van der Waals surface area contributed by atoms with E-state index < -0.39 is 0 Å². The van der Waals surface area contributed by atoms with Crippen molar-refractivity contribution in [2.24, 2.45) is 10.2 Å². The molecule has 24 heavy (non-hydrogen) atoms. The monoisotopic (exact) mass is 320 g/mol. The number of azo groups is 1. The molecule has 3 N–H and O–H groups in total. The topological polar surface area (TPSA) is 94.5 Å². The first-order valence-electron chi connectivity index (χ1n) is 7.39. The van der Waals surface area contributed by atoms with Crippen molar-refractivity contribution in [3.05, 3.63) is 72.6 Å². The molecule has 0 aliphatic heterocycles. The summed E-state index contributed by atoms with van der Waals surface area (Å²) in [5, 5.41) is 20.4. The summed E-state index contributed by atoms with van der Waals surface area (Å²) in [6.07, 6.45) is 1.64. The molecule has 1 heterocycles. The second-order valence-corrected chi connectivity index (χ2v) is 4.97. The van der Waals surface area contributed by atoms with Gasteiger partial charge in [-0.1, -0.05) is 18.2 Å². The Kier molecular flexibility index (Phi) is 4.94. The molecule has 7 nitrogen and oxygen atoms in total. The molecule has 2 amide bonds. The molecular formula is C17H16N6O. The van der Waals surface area contributed by atoms with Crippen LogP contribution in [0.2, 0.25) is 0 Å². The first-order valence-corrected chi connectivity index (χ1v) is 7.39. The standard InChI is InChI=1S/C17H16N6O/c24-17(18-12-16-10-11-19-21-16)20-13-6-8-15(9-7-13)23-22-14-4-2-1-3-5-14/h1-11H,12H2,(H,19,21)(H2,18,20,24). The minimum absolute atomic E-state index is 0.289. The number of rotatable bonds is 5. The van der Waals surface area contributed by atoms with E-state index in [9.17, 15) is 4.79 Å². The zero-order valence-corrected chi connectivity index (χ0v) is 12.8. The van der Waals surface area contributed by atoms with Crippen molar-refractivity contribution in [3.63, 3.8) is 0 Å². The maximum atomic E-state index is 11.8. The van der Waals surface area contributed by atoms with Gasteiger partial charge in [0.1, 0.15) is 0 Å². The lowest BCUT2D eigenvalue weighted by atomic mass is 10.3. The average molecular weight is 320 g/mol. The number of urea groups is 1. The second-order valence-electron chi connectivity index (χ2n) is 4.97. The van der Waals surface area contributed by atoms with E-state index >= 15 is 0 Å². The maximum absolute atomic E-state index is 11.8. The summed E-state index contributed by atoms with van der Waals surface area (Å²) in [6, 6.07) is 18.1. The van der Waals surface area contributed by atoms with E-state index in [4.69, 9.17) is 0 Å². The molecular weight excluding hydrogens is 304 g/mol. The van der Waals surface area contributed by atoms with Gasteiger partial charge in [-0.25, -0.2) is 4.79 Å². The fourth-order valence-corrected chi connectivity index (χ4v) is 1.96. The first kappa shape index (κ1) is 15.4. The lowest BCUT2D eigenvalue weighted by Gasteiger charge is -2.06. The number of nitrogens with one attached hydrogen (secondary N) is 3. The average Bonchev–Trinajstić information content (AvgIpc) is 3.14. The van der Waals surface area contributed by atoms with E-state index in [2.05, 4.69) is 31.1 Å². The number of amides is 2. The third-order valence-corrected chi connectivity index (χ3v) is 3.16. The van der Waals surface area contributed by atoms with Gasteiger partial charge in [-0.15, -0.1) is 0 Å². The zero-order valence-electron chi connectivity index (χ0n) is 12.8. The molecule has 0 atom stereocenters. The molecule has 1 aromatic heterocycles. The van der Waals surface area contributed by atoms with Crippen LogP contribution in [0.1, 0.15) is 5.69 Å². The van der Waals surface area contributed by atoms with E-state index in [1.807, 2.05) is 30.3 Å². The van der Waals surface area contributed by atoms with Gasteiger partial charge in [-0.3, -0.25) is 5.10 Å². The number of aromatic amines is 1. The number of aromatic nitrogens is 2. The van der Waals surface area contributed by atoms with Crippen LogP contribution >= 0.6 is 0 Å². The smallest absolute Gasteiger partial charge is 0.319 e. The first-order chi connectivity index (χ1) is 11.8. The third-order valence-electron chi connectivity index (χ3n) is 3.16. The summed E-state index contributed by atoms with van der Waals surface area (Å²) in [5.41, 5.74) is 3.01. The predicted octanol–water partition coefficient (Wildman–Crippen LogP) is 4.15. The van der Waals surface area contributed by atoms with Gasteiger partial charge < -0.3 is 10.6 Å². The van der Waals surface area contributed by atoms with Crippen molar-refractivity contribution < 1.29 is 4.79 Å². The molecule has 0 spiro atoms. The van der Waals surface area contributed by atoms with Crippen LogP contribution in [0.15, 0.2) is 77.1 Å². The molecule has 0 radical (unpaired) electrons. The molecule has 0 aliphatic rings. The Balaban J connectivity index is 1.52. The molecule has 3 rings (SSSR count). The van der Waals surface area contributed by atoms with Gasteiger partial charge in [0, 0.05) is 11.9 Å². The molecule has 7 heteroatoms. The maximum Gasteiger partial charge on any atom is 0.319 e. The van der Waals surface area contributed by atoms with Crippen molar-refractivity contribution in [3.8, 4) is 0 Å². The predicted molar refractivity (Wildman–Crippen MR) is 91.5 cm³/mol. The molecule has 0 saturated carbocycles. The second kappa shape index (κ2) is 7.68. The Bertz CT molecular complexity index is 797. The Morgan fingerprint density at radius 2 is 1.67 bits per heavy atom. The lowest BCUT2D eigenvalue weighted by molar-refractivity contribution is 0.251. The quantitative estimate of drug-likeness (QED) is 0.616. The molecule has 0 aliphatic carbocycles. The molecule has 0 bridgehead atoms. The summed E-state index contributed by atoms with van der Waals surface area (Å²) in [6.45, 7) is 0.384. The summed E-state index contributed by atoms with van der Waals surface area (Å²) >= 11 is 0. The van der Waals surface area contributed by atoms with E-state index in [0.29, 0.717) is 17.9 Å². The summed E-state index contributed by atoms with van der Waals surface area (Å²) in [4.78, 5) is 11.8. The number of benzene rings is 2. The van der Waals surface area contributed by atoms with Crippen molar-refractivity contribution in [2.45, 2.75) is 6.54 Å². The Labute approximate surface area is 138 Å². The normalized spacial score (nSPS) is 10.7. The fourth-order valence-electron chi connectivity index (χ4n) is 1.96. The number of hydrogen-bond acceptors (Lipinski definition) is 4. The summed E-state index contributed by atoms with van der Waals surface area (Å²) < 4.78 is 0. The van der Waals surface area contributed by atoms with Gasteiger partial charge in [0.25, 0.3) is 0 Å². The minimum atomic E-state index is -0.289. The highest BCUT2D eigenvalue weighted by Gasteiger charge is 2.02. The highest BCUT2D eigenvalue weighted by molar-refractivity contribution is 5.89. The van der Waals surface area contributed by atoms with Gasteiger partial charge in [-0.05, 0) is 42.5 Å². The lowest BCUT2D eigenvalue weighted by Crippen LogP contribution is -2.28. The van der Waals surface area contributed by atoms with Crippen molar-refractivity contribution in [1.82, 2.24) is 15.5 Å². The van der Waals surface area contributed by atoms with Crippen LogP contribution in [0, 0.1) is 0 Å². The molecule has 2 aromatic carbocycles. The van der Waals surface area contributed by atoms with Gasteiger partial charge >= 0.3 is 6.03 Å². The number of hydrogen-bond donors (Lipinski definition) is 3. The van der Waals surface area contributed by atoms with E-state index in [1.54, 1.807) is 36.5 Å². The Hall–Kier alpha value is -3.48. The van der Waals surface area contributed by atoms with Crippen LogP contribution in [0.25, 0.3) is 0 Å². The number of carbonyl (C=O) groups is 1. The number of anilines is 1. The van der Waals surface area contributed by atoms with Crippen LogP contribution < -0.4 is 10.6 Å². The Morgan fingerprint density at radius 3 is 2.33 bits per heavy atom. The van der Waals surface area contributed by atoms with Gasteiger partial charge in [0.05, 0.1) is 23.6 Å². The number of carbonyl (C=O) groups excluding carboxylic acids is 1.